The van der Waals surface area contributed by atoms with Crippen LogP contribution in [-0.4, -0.2) is 78.4 Å². The molecule has 1 fully saturated rings. The lowest BCUT2D eigenvalue weighted by Crippen LogP contribution is -2.49. The van der Waals surface area contributed by atoms with Crippen molar-refractivity contribution in [2.24, 2.45) is 16.6 Å². The largest absolute Gasteiger partial charge is 0.493 e. The van der Waals surface area contributed by atoms with E-state index in [-0.39, 0.29) is 11.9 Å². The Morgan fingerprint density at radius 2 is 1.78 bits per heavy atom. The lowest BCUT2D eigenvalue weighted by atomic mass is 10.1. The highest BCUT2D eigenvalue weighted by Crippen LogP contribution is 2.23. The van der Waals surface area contributed by atoms with Gasteiger partial charge in [-0.05, 0) is 35.5 Å². The molecular formula is C22H26ClF3N6O5. The predicted molar refractivity (Wildman–Crippen MR) is 129 cm³/mol. The lowest BCUT2D eigenvalue weighted by Gasteiger charge is -2.35. The first-order valence-electron chi connectivity index (χ1n) is 10.9. The zero-order valence-corrected chi connectivity index (χ0v) is 20.3. The number of hydrogen-bond acceptors (Lipinski definition) is 7. The highest BCUT2D eigenvalue weighted by Gasteiger charge is 2.38. The minimum absolute atomic E-state index is 0.0703. The zero-order chi connectivity index (χ0) is 27.4. The maximum Gasteiger partial charge on any atom is 0.490 e. The minimum atomic E-state index is -5.08. The van der Waals surface area contributed by atoms with Gasteiger partial charge in [0.1, 0.15) is 18.2 Å². The molecule has 0 saturated carbocycles. The number of halogens is 4. The molecule has 0 unspecified atom stereocenters. The lowest BCUT2D eigenvalue weighted by molar-refractivity contribution is -0.192. The quantitative estimate of drug-likeness (QED) is 0.195. The molecule has 1 aliphatic rings. The van der Waals surface area contributed by atoms with Crippen LogP contribution in [0.2, 0.25) is 5.02 Å². The fraction of sp³-hybridized carbons (Fsp3) is 0.364. The fourth-order valence-corrected chi connectivity index (χ4v) is 3.29. The van der Waals surface area contributed by atoms with E-state index >= 15 is 0 Å². The van der Waals surface area contributed by atoms with E-state index < -0.39 is 12.1 Å². The standard InChI is InChI=1S/C20H25ClN6O3.C2HF3O2/c21-16-12-15(13-17(14-16)29-10-3-11-30-25-20(22)23)19(28)27-8-6-26(7-9-27)18-4-1-2-5-24-18;3-2(4,5)1(6)7/h1-2,4-5,12-14H,3,6-11H2,(H4,22,23,25);(H,6,7). The Balaban J connectivity index is 0.000000604. The third-order valence-electron chi connectivity index (χ3n) is 4.72. The summed E-state index contributed by atoms with van der Waals surface area (Å²) in [7, 11) is 0. The summed E-state index contributed by atoms with van der Waals surface area (Å²) < 4.78 is 37.4. The summed E-state index contributed by atoms with van der Waals surface area (Å²) in [4.78, 5) is 35.1. The number of anilines is 1. The van der Waals surface area contributed by atoms with E-state index in [0.717, 1.165) is 18.9 Å². The number of aromatic nitrogens is 1. The van der Waals surface area contributed by atoms with Crippen LogP contribution in [0, 0.1) is 0 Å². The van der Waals surface area contributed by atoms with Crippen LogP contribution in [-0.2, 0) is 9.63 Å². The molecule has 0 spiro atoms. The number of alkyl halides is 3. The van der Waals surface area contributed by atoms with E-state index in [1.54, 1.807) is 24.4 Å². The number of rotatable bonds is 8. The average molecular weight is 547 g/mol. The van der Waals surface area contributed by atoms with Crippen molar-refractivity contribution in [2.75, 3.05) is 44.3 Å². The number of amides is 1. The Bertz CT molecular complexity index is 1060. The van der Waals surface area contributed by atoms with E-state index in [4.69, 9.17) is 42.5 Å². The van der Waals surface area contributed by atoms with Crippen LogP contribution >= 0.6 is 11.6 Å². The molecule has 1 amide bonds. The molecule has 0 radical (unpaired) electrons. The van der Waals surface area contributed by atoms with E-state index in [1.165, 1.54) is 0 Å². The van der Waals surface area contributed by atoms with Crippen LogP contribution in [0.1, 0.15) is 16.8 Å². The van der Waals surface area contributed by atoms with Gasteiger partial charge in [0.05, 0.1) is 6.61 Å². The molecule has 1 aromatic heterocycles. The Morgan fingerprint density at radius 3 is 2.35 bits per heavy atom. The van der Waals surface area contributed by atoms with Gasteiger partial charge in [0.15, 0.2) is 0 Å². The number of carboxylic acid groups (broad SMARTS) is 1. The van der Waals surface area contributed by atoms with E-state index in [9.17, 15) is 18.0 Å². The number of hydrogen-bond donors (Lipinski definition) is 3. The summed E-state index contributed by atoms with van der Waals surface area (Å²) >= 11 is 6.20. The summed E-state index contributed by atoms with van der Waals surface area (Å²) in [6, 6.07) is 10.9. The molecule has 1 aliphatic heterocycles. The Labute approximate surface area is 215 Å². The normalized spacial score (nSPS) is 13.2. The summed E-state index contributed by atoms with van der Waals surface area (Å²) in [5.74, 6) is -1.51. The molecule has 37 heavy (non-hydrogen) atoms. The van der Waals surface area contributed by atoms with Gasteiger partial charge in [-0.2, -0.15) is 13.2 Å². The number of benzene rings is 1. The number of piperazine rings is 1. The molecule has 1 aromatic carbocycles. The van der Waals surface area contributed by atoms with Crippen molar-refractivity contribution in [1.82, 2.24) is 9.88 Å². The number of nitrogens with two attached hydrogens (primary N) is 2. The number of guanidine groups is 1. The van der Waals surface area contributed by atoms with E-state index in [0.29, 0.717) is 49.1 Å². The first-order chi connectivity index (χ1) is 17.5. The van der Waals surface area contributed by atoms with Gasteiger partial charge < -0.3 is 35.9 Å². The molecule has 2 aromatic rings. The van der Waals surface area contributed by atoms with Crippen molar-refractivity contribution in [3.05, 3.63) is 53.2 Å². The van der Waals surface area contributed by atoms with Crippen molar-refractivity contribution in [2.45, 2.75) is 12.6 Å². The van der Waals surface area contributed by atoms with Gasteiger partial charge in [-0.1, -0.05) is 17.7 Å². The van der Waals surface area contributed by atoms with Gasteiger partial charge in [-0.15, -0.1) is 0 Å². The van der Waals surface area contributed by atoms with Gasteiger partial charge in [0.2, 0.25) is 5.96 Å². The third-order valence-corrected chi connectivity index (χ3v) is 4.94. The molecule has 202 valence electrons. The number of aliphatic carboxylic acids is 1. The second kappa shape index (κ2) is 14.0. The molecule has 2 heterocycles. The number of carboxylic acids is 1. The first-order valence-corrected chi connectivity index (χ1v) is 11.2. The van der Waals surface area contributed by atoms with Crippen LogP contribution in [0.4, 0.5) is 19.0 Å². The summed E-state index contributed by atoms with van der Waals surface area (Å²) in [6.45, 7) is 3.35. The van der Waals surface area contributed by atoms with Gasteiger partial charge in [-0.3, -0.25) is 4.79 Å². The van der Waals surface area contributed by atoms with Crippen LogP contribution in [0.15, 0.2) is 47.8 Å². The maximum atomic E-state index is 12.9. The molecule has 11 nitrogen and oxygen atoms in total. The third kappa shape index (κ3) is 10.3. The van der Waals surface area contributed by atoms with Gasteiger partial charge in [0, 0.05) is 49.4 Å². The Morgan fingerprint density at radius 1 is 1.11 bits per heavy atom. The van der Waals surface area contributed by atoms with Crippen molar-refractivity contribution in [3.8, 4) is 5.75 Å². The number of carbonyl (C=O) groups excluding carboxylic acids is 1. The van der Waals surface area contributed by atoms with Crippen LogP contribution in [0.25, 0.3) is 0 Å². The first kappa shape index (κ1) is 29.3. The molecule has 3 rings (SSSR count). The van der Waals surface area contributed by atoms with Crippen molar-refractivity contribution in [1.29, 1.82) is 0 Å². The smallest absolute Gasteiger partial charge is 0.490 e. The monoisotopic (exact) mass is 546 g/mol. The highest BCUT2D eigenvalue weighted by molar-refractivity contribution is 6.31. The summed E-state index contributed by atoms with van der Waals surface area (Å²) in [5.41, 5.74) is 10.8. The van der Waals surface area contributed by atoms with Crippen molar-refractivity contribution < 1.29 is 37.4 Å². The summed E-state index contributed by atoms with van der Waals surface area (Å²) in [5, 5.41) is 11.0. The number of oxime groups is 1. The Hall–Kier alpha value is -3.94. The highest BCUT2D eigenvalue weighted by atomic mass is 35.5. The molecule has 0 atom stereocenters. The topological polar surface area (TPSA) is 157 Å². The SMILES string of the molecule is NC(N)=NOCCCOc1cc(Cl)cc(C(=O)N2CCN(c3ccccn3)CC2)c1.O=C(O)C(F)(F)F. The number of ether oxygens (including phenoxy) is 1. The van der Waals surface area contributed by atoms with Crippen molar-refractivity contribution in [3.63, 3.8) is 0 Å². The average Bonchev–Trinajstić information content (AvgIpc) is 2.85. The number of nitrogens with zero attached hydrogens (tertiary/aromatic N) is 4. The van der Waals surface area contributed by atoms with Crippen LogP contribution in [0.5, 0.6) is 5.75 Å². The van der Waals surface area contributed by atoms with Gasteiger partial charge in [0.25, 0.3) is 5.91 Å². The van der Waals surface area contributed by atoms with Crippen LogP contribution < -0.4 is 21.1 Å². The minimum Gasteiger partial charge on any atom is -0.493 e. The molecule has 0 bridgehead atoms. The van der Waals surface area contributed by atoms with Gasteiger partial charge >= 0.3 is 12.1 Å². The second-order valence-corrected chi connectivity index (χ2v) is 7.93. The maximum absolute atomic E-state index is 12.9. The van der Waals surface area contributed by atoms with E-state index in [2.05, 4.69) is 15.0 Å². The number of carbonyl (C=O) groups is 2. The zero-order valence-electron chi connectivity index (χ0n) is 19.5. The molecular weight excluding hydrogens is 521 g/mol. The van der Waals surface area contributed by atoms with E-state index in [1.807, 2.05) is 23.1 Å². The molecule has 5 N–H and O–H groups in total. The van der Waals surface area contributed by atoms with Crippen LogP contribution in [0.3, 0.4) is 0 Å². The summed E-state index contributed by atoms with van der Waals surface area (Å²) in [6.07, 6.45) is -2.74. The second-order valence-electron chi connectivity index (χ2n) is 7.50. The van der Waals surface area contributed by atoms with Crippen molar-refractivity contribution >= 4 is 35.3 Å². The predicted octanol–water partition coefficient (Wildman–Crippen LogP) is 2.30. The molecule has 1 saturated heterocycles. The van der Waals surface area contributed by atoms with Gasteiger partial charge in [-0.25, -0.2) is 9.78 Å². The Kier molecular flexibility index (Phi) is 11.1. The fourth-order valence-electron chi connectivity index (χ4n) is 3.07. The number of pyridine rings is 1. The molecule has 0 aliphatic carbocycles. The molecule has 15 heteroatoms.